The van der Waals surface area contributed by atoms with E-state index in [2.05, 4.69) is 4.99 Å². The van der Waals surface area contributed by atoms with Gasteiger partial charge in [-0.25, -0.2) is 4.99 Å². The van der Waals surface area contributed by atoms with Gasteiger partial charge < -0.3 is 5.73 Å². The van der Waals surface area contributed by atoms with E-state index in [4.69, 9.17) is 5.73 Å². The van der Waals surface area contributed by atoms with Crippen LogP contribution in [0.2, 0.25) is 0 Å². The summed E-state index contributed by atoms with van der Waals surface area (Å²) in [5.74, 6) is -1.31. The maximum absolute atomic E-state index is 12.1. The van der Waals surface area contributed by atoms with Gasteiger partial charge in [0.15, 0.2) is 0 Å². The quantitative estimate of drug-likeness (QED) is 0.499. The SMILES string of the molecule is NC(=Nc1ccc(SC(F)F)cc1)C1CC1. The number of amidine groups is 1. The molecule has 2 rings (SSSR count). The number of alkyl halides is 2. The van der Waals surface area contributed by atoms with Crippen molar-refractivity contribution in [3.8, 4) is 0 Å². The van der Waals surface area contributed by atoms with Gasteiger partial charge in [-0.1, -0.05) is 11.8 Å². The first-order valence-corrected chi connectivity index (χ1v) is 5.92. The smallest absolute Gasteiger partial charge is 0.288 e. The molecular weight excluding hydrogens is 230 g/mol. The van der Waals surface area contributed by atoms with Gasteiger partial charge in [-0.15, -0.1) is 0 Å². The van der Waals surface area contributed by atoms with Crippen LogP contribution in [0.5, 0.6) is 0 Å². The van der Waals surface area contributed by atoms with E-state index in [0.29, 0.717) is 28.4 Å². The summed E-state index contributed by atoms with van der Waals surface area (Å²) in [6, 6.07) is 6.69. The van der Waals surface area contributed by atoms with Crippen LogP contribution in [0, 0.1) is 5.92 Å². The van der Waals surface area contributed by atoms with Gasteiger partial charge in [0.2, 0.25) is 0 Å². The first-order chi connectivity index (χ1) is 7.65. The fourth-order valence-electron chi connectivity index (χ4n) is 1.32. The Bertz CT molecular complexity index is 385. The Morgan fingerprint density at radius 1 is 1.31 bits per heavy atom. The lowest BCUT2D eigenvalue weighted by atomic mass is 10.3. The predicted molar refractivity (Wildman–Crippen MR) is 62.3 cm³/mol. The van der Waals surface area contributed by atoms with Crippen molar-refractivity contribution in [1.29, 1.82) is 0 Å². The zero-order valence-corrected chi connectivity index (χ0v) is 9.38. The number of hydrogen-bond donors (Lipinski definition) is 1. The summed E-state index contributed by atoms with van der Waals surface area (Å²) in [6.07, 6.45) is 2.21. The van der Waals surface area contributed by atoms with Crippen molar-refractivity contribution in [1.82, 2.24) is 0 Å². The molecule has 0 amide bonds. The molecule has 0 aliphatic heterocycles. The van der Waals surface area contributed by atoms with Gasteiger partial charge in [-0.3, -0.25) is 0 Å². The van der Waals surface area contributed by atoms with Crippen LogP contribution in [0.1, 0.15) is 12.8 Å². The Morgan fingerprint density at radius 3 is 2.44 bits per heavy atom. The fraction of sp³-hybridized carbons (Fsp3) is 0.364. The molecule has 2 nitrogen and oxygen atoms in total. The zero-order chi connectivity index (χ0) is 11.5. The van der Waals surface area contributed by atoms with Gasteiger partial charge in [0.05, 0.1) is 5.69 Å². The number of nitrogens with two attached hydrogens (primary N) is 1. The predicted octanol–water partition coefficient (Wildman–Crippen LogP) is 3.40. The molecule has 16 heavy (non-hydrogen) atoms. The first kappa shape index (κ1) is 11.4. The third-order valence-electron chi connectivity index (χ3n) is 2.32. The minimum atomic E-state index is -2.38. The molecule has 1 saturated carbocycles. The minimum Gasteiger partial charge on any atom is -0.387 e. The van der Waals surface area contributed by atoms with Crippen molar-refractivity contribution in [2.24, 2.45) is 16.6 Å². The van der Waals surface area contributed by atoms with Crippen molar-refractivity contribution < 1.29 is 8.78 Å². The standard InChI is InChI=1S/C11H12F2N2S/c12-11(13)16-9-5-3-8(4-6-9)15-10(14)7-1-2-7/h3-7,11H,1-2H2,(H2,14,15). The van der Waals surface area contributed by atoms with Crippen LogP contribution in [0.15, 0.2) is 34.2 Å². The van der Waals surface area contributed by atoms with Gasteiger partial charge in [0.25, 0.3) is 5.76 Å². The Kier molecular flexibility index (Phi) is 3.43. The van der Waals surface area contributed by atoms with Gasteiger partial charge in [-0.05, 0) is 37.1 Å². The highest BCUT2D eigenvalue weighted by atomic mass is 32.2. The summed E-state index contributed by atoms with van der Waals surface area (Å²) in [5, 5.41) is 0. The molecule has 86 valence electrons. The van der Waals surface area contributed by atoms with Crippen LogP contribution in [0.3, 0.4) is 0 Å². The highest BCUT2D eigenvalue weighted by molar-refractivity contribution is 7.99. The van der Waals surface area contributed by atoms with E-state index in [0.717, 1.165) is 18.5 Å². The summed E-state index contributed by atoms with van der Waals surface area (Å²) < 4.78 is 24.1. The third kappa shape index (κ3) is 3.20. The van der Waals surface area contributed by atoms with Crippen molar-refractivity contribution >= 4 is 23.3 Å². The van der Waals surface area contributed by atoms with Gasteiger partial charge >= 0.3 is 0 Å². The molecule has 5 heteroatoms. The Balaban J connectivity index is 2.03. The van der Waals surface area contributed by atoms with Crippen molar-refractivity contribution in [3.05, 3.63) is 24.3 Å². The number of aliphatic imine (C=N–C) groups is 1. The number of thioether (sulfide) groups is 1. The summed E-state index contributed by atoms with van der Waals surface area (Å²) in [4.78, 5) is 4.78. The lowest BCUT2D eigenvalue weighted by molar-refractivity contribution is 0.252. The second-order valence-corrected chi connectivity index (χ2v) is 4.75. The topological polar surface area (TPSA) is 38.4 Å². The van der Waals surface area contributed by atoms with Gasteiger partial charge in [0, 0.05) is 10.8 Å². The first-order valence-electron chi connectivity index (χ1n) is 5.04. The van der Waals surface area contributed by atoms with Crippen LogP contribution in [0.4, 0.5) is 14.5 Å². The fourth-order valence-corrected chi connectivity index (χ4v) is 1.82. The lowest BCUT2D eigenvalue weighted by Gasteiger charge is -2.01. The van der Waals surface area contributed by atoms with E-state index in [-0.39, 0.29) is 0 Å². The molecule has 0 bridgehead atoms. The number of benzene rings is 1. The molecule has 0 heterocycles. The van der Waals surface area contributed by atoms with E-state index in [1.807, 2.05) is 0 Å². The number of hydrogen-bond acceptors (Lipinski definition) is 2. The summed E-state index contributed by atoms with van der Waals surface area (Å²) in [6.45, 7) is 0. The van der Waals surface area contributed by atoms with Gasteiger partial charge in [-0.2, -0.15) is 8.78 Å². The molecule has 1 aliphatic carbocycles. The van der Waals surface area contributed by atoms with Crippen LogP contribution in [0.25, 0.3) is 0 Å². The number of nitrogens with zero attached hydrogens (tertiary/aromatic N) is 1. The van der Waals surface area contributed by atoms with E-state index >= 15 is 0 Å². The molecule has 1 fully saturated rings. The Morgan fingerprint density at radius 2 is 1.94 bits per heavy atom. The average Bonchev–Trinajstić information content (AvgIpc) is 3.03. The number of halogens is 2. The molecule has 0 aromatic heterocycles. The van der Waals surface area contributed by atoms with Crippen molar-refractivity contribution in [2.75, 3.05) is 0 Å². The minimum absolute atomic E-state index is 0.426. The average molecular weight is 242 g/mol. The largest absolute Gasteiger partial charge is 0.387 e. The summed E-state index contributed by atoms with van der Waals surface area (Å²) in [7, 11) is 0. The maximum Gasteiger partial charge on any atom is 0.288 e. The Labute approximate surface area is 96.9 Å². The monoisotopic (exact) mass is 242 g/mol. The molecule has 0 atom stereocenters. The second kappa shape index (κ2) is 4.82. The molecule has 1 aromatic carbocycles. The normalized spacial score (nSPS) is 16.8. The molecule has 0 radical (unpaired) electrons. The number of rotatable bonds is 4. The molecule has 0 spiro atoms. The molecule has 0 unspecified atom stereocenters. The highest BCUT2D eigenvalue weighted by Crippen LogP contribution is 2.31. The second-order valence-electron chi connectivity index (χ2n) is 3.68. The third-order valence-corrected chi connectivity index (χ3v) is 3.04. The van der Waals surface area contributed by atoms with E-state index in [1.54, 1.807) is 24.3 Å². The summed E-state index contributed by atoms with van der Waals surface area (Å²) >= 11 is 0.532. The molecule has 0 saturated heterocycles. The van der Waals surface area contributed by atoms with E-state index < -0.39 is 5.76 Å². The van der Waals surface area contributed by atoms with E-state index in [1.165, 1.54) is 0 Å². The lowest BCUT2D eigenvalue weighted by Crippen LogP contribution is -2.12. The van der Waals surface area contributed by atoms with Gasteiger partial charge in [0.1, 0.15) is 5.84 Å². The molecule has 1 aromatic rings. The molecule has 1 aliphatic rings. The Hall–Kier alpha value is -1.10. The van der Waals surface area contributed by atoms with Crippen LogP contribution in [-0.2, 0) is 0 Å². The van der Waals surface area contributed by atoms with Crippen molar-refractivity contribution in [2.45, 2.75) is 23.5 Å². The van der Waals surface area contributed by atoms with Crippen molar-refractivity contribution in [3.63, 3.8) is 0 Å². The van der Waals surface area contributed by atoms with Crippen LogP contribution >= 0.6 is 11.8 Å². The highest BCUT2D eigenvalue weighted by Gasteiger charge is 2.25. The zero-order valence-electron chi connectivity index (χ0n) is 8.57. The molecule has 2 N–H and O–H groups in total. The summed E-state index contributed by atoms with van der Waals surface area (Å²) in [5.41, 5.74) is 6.48. The maximum atomic E-state index is 12.1. The van der Waals surface area contributed by atoms with Crippen LogP contribution < -0.4 is 5.73 Å². The van der Waals surface area contributed by atoms with Crippen LogP contribution in [-0.4, -0.2) is 11.6 Å². The molecular formula is C11H12F2N2S. The van der Waals surface area contributed by atoms with E-state index in [9.17, 15) is 8.78 Å².